The fraction of sp³-hybridized carbons (Fsp3) is 0.591. The van der Waals surface area contributed by atoms with Crippen LogP contribution in [0.25, 0.3) is 0 Å². The maximum absolute atomic E-state index is 5.99. The molecule has 2 N–H and O–H groups in total. The molecule has 2 aromatic heterocycles. The molecule has 158 valence electrons. The largest absolute Gasteiger partial charge is 0.474 e. The second-order valence-corrected chi connectivity index (χ2v) is 7.80. The van der Waals surface area contributed by atoms with Crippen molar-refractivity contribution in [2.45, 2.75) is 78.0 Å². The minimum absolute atomic E-state index is 0.317. The van der Waals surface area contributed by atoms with E-state index in [4.69, 9.17) is 9.26 Å². The van der Waals surface area contributed by atoms with Crippen molar-refractivity contribution in [3.05, 3.63) is 41.4 Å². The summed E-state index contributed by atoms with van der Waals surface area (Å²) in [6, 6.07) is 5.96. The van der Waals surface area contributed by atoms with Gasteiger partial charge in [0.25, 0.3) is 0 Å². The number of aliphatic imine (C=N–C) groups is 1. The number of rotatable bonds is 8. The first-order valence-corrected chi connectivity index (χ1v) is 10.7. The molecule has 0 aromatic carbocycles. The van der Waals surface area contributed by atoms with E-state index in [1.165, 1.54) is 19.3 Å². The first-order chi connectivity index (χ1) is 14.1. The third-order valence-corrected chi connectivity index (χ3v) is 5.00. The Morgan fingerprint density at radius 2 is 2.07 bits per heavy atom. The van der Waals surface area contributed by atoms with Gasteiger partial charge >= 0.3 is 0 Å². The van der Waals surface area contributed by atoms with Crippen molar-refractivity contribution < 1.29 is 9.26 Å². The Hall–Kier alpha value is -2.57. The SMILES string of the molecule is CCNC(=NCc1ccc(OC2CCCCC2)nc1)NCc1cc(C(C)C)no1. The van der Waals surface area contributed by atoms with Gasteiger partial charge in [-0.15, -0.1) is 0 Å². The topological polar surface area (TPSA) is 84.6 Å². The van der Waals surface area contributed by atoms with Gasteiger partial charge in [-0.05, 0) is 44.1 Å². The lowest BCUT2D eigenvalue weighted by Crippen LogP contribution is -2.36. The first kappa shape index (κ1) is 21.1. The van der Waals surface area contributed by atoms with Crippen LogP contribution in [0.1, 0.15) is 75.8 Å². The number of hydrogen-bond acceptors (Lipinski definition) is 5. The quantitative estimate of drug-likeness (QED) is 0.512. The molecule has 7 nitrogen and oxygen atoms in total. The summed E-state index contributed by atoms with van der Waals surface area (Å²) in [6.07, 6.45) is 8.26. The summed E-state index contributed by atoms with van der Waals surface area (Å²) < 4.78 is 11.4. The first-order valence-electron chi connectivity index (χ1n) is 10.7. The molecular formula is C22H33N5O2. The lowest BCUT2D eigenvalue weighted by molar-refractivity contribution is 0.148. The summed E-state index contributed by atoms with van der Waals surface area (Å²) in [6.45, 7) is 8.10. The number of nitrogens with zero attached hydrogens (tertiary/aromatic N) is 3. The van der Waals surface area contributed by atoms with Gasteiger partial charge in [0.05, 0.1) is 18.8 Å². The van der Waals surface area contributed by atoms with E-state index in [0.29, 0.717) is 31.0 Å². The van der Waals surface area contributed by atoms with Gasteiger partial charge in [-0.25, -0.2) is 9.98 Å². The smallest absolute Gasteiger partial charge is 0.213 e. The highest BCUT2D eigenvalue weighted by atomic mass is 16.5. The van der Waals surface area contributed by atoms with Crippen LogP contribution in [0.4, 0.5) is 0 Å². The minimum Gasteiger partial charge on any atom is -0.474 e. The van der Waals surface area contributed by atoms with Crippen LogP contribution < -0.4 is 15.4 Å². The normalized spacial score (nSPS) is 15.5. The van der Waals surface area contributed by atoms with Crippen LogP contribution in [0.5, 0.6) is 5.88 Å². The number of ether oxygens (including phenoxy) is 1. The number of guanidine groups is 1. The molecule has 1 fully saturated rings. The van der Waals surface area contributed by atoms with Gasteiger partial charge in [-0.1, -0.05) is 31.5 Å². The van der Waals surface area contributed by atoms with E-state index in [0.717, 1.165) is 42.4 Å². The Kier molecular flexibility index (Phi) is 7.90. The third kappa shape index (κ3) is 6.76. The maximum atomic E-state index is 5.99. The molecule has 0 aliphatic heterocycles. The van der Waals surface area contributed by atoms with Gasteiger partial charge in [0.1, 0.15) is 6.10 Å². The zero-order chi connectivity index (χ0) is 20.5. The molecule has 7 heteroatoms. The maximum Gasteiger partial charge on any atom is 0.213 e. The van der Waals surface area contributed by atoms with Crippen LogP contribution in [0, 0.1) is 0 Å². The van der Waals surface area contributed by atoms with Crippen LogP contribution >= 0.6 is 0 Å². The molecule has 29 heavy (non-hydrogen) atoms. The molecule has 1 saturated carbocycles. The molecule has 1 aliphatic carbocycles. The predicted octanol–water partition coefficient (Wildman–Crippen LogP) is 4.16. The van der Waals surface area contributed by atoms with Crippen LogP contribution in [0.15, 0.2) is 33.9 Å². The van der Waals surface area contributed by atoms with Crippen molar-refractivity contribution in [3.63, 3.8) is 0 Å². The van der Waals surface area contributed by atoms with E-state index in [2.05, 4.69) is 39.6 Å². The molecule has 0 radical (unpaired) electrons. The van der Waals surface area contributed by atoms with Crippen molar-refractivity contribution in [2.75, 3.05) is 6.54 Å². The minimum atomic E-state index is 0.317. The summed E-state index contributed by atoms with van der Waals surface area (Å²) >= 11 is 0. The Balaban J connectivity index is 1.51. The van der Waals surface area contributed by atoms with Gasteiger partial charge in [0.15, 0.2) is 11.7 Å². The molecule has 0 saturated heterocycles. The lowest BCUT2D eigenvalue weighted by atomic mass is 9.98. The lowest BCUT2D eigenvalue weighted by Gasteiger charge is -2.22. The van der Waals surface area contributed by atoms with Crippen molar-refractivity contribution in [3.8, 4) is 5.88 Å². The van der Waals surface area contributed by atoms with E-state index in [1.807, 2.05) is 31.3 Å². The predicted molar refractivity (Wildman–Crippen MR) is 114 cm³/mol. The summed E-state index contributed by atoms with van der Waals surface area (Å²) in [5, 5.41) is 10.6. The second kappa shape index (κ2) is 10.8. The summed E-state index contributed by atoms with van der Waals surface area (Å²) in [5.74, 6) is 2.59. The number of aromatic nitrogens is 2. The van der Waals surface area contributed by atoms with Crippen molar-refractivity contribution in [2.24, 2.45) is 4.99 Å². The van der Waals surface area contributed by atoms with Crippen LogP contribution in [-0.2, 0) is 13.1 Å². The molecule has 2 heterocycles. The van der Waals surface area contributed by atoms with Crippen molar-refractivity contribution >= 4 is 5.96 Å². The highest BCUT2D eigenvalue weighted by molar-refractivity contribution is 5.79. The summed E-state index contributed by atoms with van der Waals surface area (Å²) in [4.78, 5) is 9.09. The number of pyridine rings is 1. The molecule has 2 aromatic rings. The van der Waals surface area contributed by atoms with Crippen molar-refractivity contribution in [1.29, 1.82) is 0 Å². The van der Waals surface area contributed by atoms with E-state index < -0.39 is 0 Å². The fourth-order valence-electron chi connectivity index (χ4n) is 3.30. The average molecular weight is 400 g/mol. The summed E-state index contributed by atoms with van der Waals surface area (Å²) in [5.41, 5.74) is 2.00. The number of hydrogen-bond donors (Lipinski definition) is 2. The monoisotopic (exact) mass is 399 g/mol. The Bertz CT molecular complexity index is 764. The van der Waals surface area contributed by atoms with Gasteiger partial charge in [0, 0.05) is 24.9 Å². The van der Waals surface area contributed by atoms with Crippen LogP contribution in [-0.4, -0.2) is 28.7 Å². The summed E-state index contributed by atoms with van der Waals surface area (Å²) in [7, 11) is 0. The van der Waals surface area contributed by atoms with E-state index in [-0.39, 0.29) is 0 Å². The van der Waals surface area contributed by atoms with Gasteiger partial charge < -0.3 is 19.9 Å². The van der Waals surface area contributed by atoms with Gasteiger partial charge in [0.2, 0.25) is 5.88 Å². The van der Waals surface area contributed by atoms with Gasteiger partial charge in [-0.3, -0.25) is 0 Å². The van der Waals surface area contributed by atoms with E-state index in [1.54, 1.807) is 0 Å². The molecular weight excluding hydrogens is 366 g/mol. The molecule has 0 unspecified atom stereocenters. The standard InChI is InChI=1S/C22H33N5O2/c1-4-23-22(26-15-19-12-20(16(2)3)27-29-19)25-14-17-10-11-21(24-13-17)28-18-8-6-5-7-9-18/h10-13,16,18H,4-9,14-15H2,1-3H3,(H2,23,25,26). The molecule has 3 rings (SSSR count). The molecule has 1 aliphatic rings. The van der Waals surface area contributed by atoms with Crippen LogP contribution in [0.2, 0.25) is 0 Å². The Labute approximate surface area is 173 Å². The Morgan fingerprint density at radius 3 is 2.72 bits per heavy atom. The third-order valence-electron chi connectivity index (χ3n) is 5.00. The Morgan fingerprint density at radius 1 is 1.24 bits per heavy atom. The van der Waals surface area contributed by atoms with E-state index >= 15 is 0 Å². The number of nitrogens with one attached hydrogen (secondary N) is 2. The van der Waals surface area contributed by atoms with E-state index in [9.17, 15) is 0 Å². The van der Waals surface area contributed by atoms with Crippen LogP contribution in [0.3, 0.4) is 0 Å². The highest BCUT2D eigenvalue weighted by Gasteiger charge is 2.15. The highest BCUT2D eigenvalue weighted by Crippen LogP contribution is 2.22. The second-order valence-electron chi connectivity index (χ2n) is 7.80. The molecule has 0 bridgehead atoms. The van der Waals surface area contributed by atoms with Gasteiger partial charge in [-0.2, -0.15) is 0 Å². The molecule has 0 spiro atoms. The molecule has 0 atom stereocenters. The zero-order valence-electron chi connectivity index (χ0n) is 17.8. The van der Waals surface area contributed by atoms with Crippen molar-refractivity contribution in [1.82, 2.24) is 20.8 Å². The molecule has 0 amide bonds. The fourth-order valence-corrected chi connectivity index (χ4v) is 3.30. The average Bonchev–Trinajstić information content (AvgIpc) is 3.21. The zero-order valence-corrected chi connectivity index (χ0v) is 17.8.